The summed E-state index contributed by atoms with van der Waals surface area (Å²) < 4.78 is 180. The van der Waals surface area contributed by atoms with Gasteiger partial charge < -0.3 is 9.47 Å². The fraction of sp³-hybridized carbons (Fsp3) is 0.900. The van der Waals surface area contributed by atoms with Crippen LogP contribution in [0.3, 0.4) is 0 Å². The lowest BCUT2D eigenvalue weighted by Crippen LogP contribution is -2.61. The van der Waals surface area contributed by atoms with Crippen LogP contribution >= 0.6 is 0 Å². The molecule has 29 heavy (non-hydrogen) atoms. The molecule has 0 amide bonds. The summed E-state index contributed by atoms with van der Waals surface area (Å²) in [6.45, 7) is -3.51. The number of halogens is 12. The lowest BCUT2D eigenvalue weighted by Gasteiger charge is -2.33. The fourth-order valence-corrected chi connectivity index (χ4v) is 1.48. The Kier molecular flexibility index (Phi) is 8.25. The molecule has 0 aliphatic carbocycles. The first-order chi connectivity index (χ1) is 12.6. The molecular weight excluding hydrogens is 476 g/mol. The van der Waals surface area contributed by atoms with E-state index >= 15 is 0 Å². The van der Waals surface area contributed by atoms with Gasteiger partial charge in [-0.25, -0.2) is 4.79 Å². The summed E-state index contributed by atoms with van der Waals surface area (Å²) in [5.74, 6) is -18.6. The second kappa shape index (κ2) is 8.70. The Morgan fingerprint density at radius 1 is 0.759 bits per heavy atom. The molecule has 0 aliphatic heterocycles. The number of ether oxygens (including phenoxy) is 3. The molecule has 0 aromatic carbocycles. The minimum atomic E-state index is -7.34. The van der Waals surface area contributed by atoms with Gasteiger partial charge in [0.05, 0.1) is 13.2 Å². The predicted molar refractivity (Wildman–Crippen MR) is 63.6 cm³/mol. The zero-order chi connectivity index (χ0) is 23.5. The van der Waals surface area contributed by atoms with Crippen LogP contribution in [-0.2, 0) is 29.2 Å². The van der Waals surface area contributed by atoms with Gasteiger partial charge in [0.2, 0.25) is 0 Å². The molecule has 0 heterocycles. The van der Waals surface area contributed by atoms with Crippen LogP contribution in [0, 0.1) is 0 Å². The molecular formula is C10H8F12O6S. The average molecular weight is 484 g/mol. The van der Waals surface area contributed by atoms with E-state index in [1.807, 2.05) is 4.74 Å². The molecule has 0 aromatic rings. The van der Waals surface area contributed by atoms with Crippen molar-refractivity contribution in [3.63, 3.8) is 0 Å². The van der Waals surface area contributed by atoms with Gasteiger partial charge in [-0.15, -0.1) is 3.89 Å². The molecule has 0 fully saturated rings. The molecule has 19 heteroatoms. The third-order valence-electron chi connectivity index (χ3n) is 2.55. The molecule has 1 atom stereocenters. The van der Waals surface area contributed by atoms with E-state index in [9.17, 15) is 65.4 Å². The maximum atomic E-state index is 13.7. The molecule has 0 radical (unpaired) electrons. The van der Waals surface area contributed by atoms with Crippen LogP contribution in [0.2, 0.25) is 0 Å². The van der Waals surface area contributed by atoms with Gasteiger partial charge in [0.25, 0.3) is 0 Å². The first-order valence-corrected chi connectivity index (χ1v) is 8.09. The smallest absolute Gasteiger partial charge is 0.459 e. The third kappa shape index (κ3) is 7.05. The van der Waals surface area contributed by atoms with E-state index < -0.39 is 72.0 Å². The quantitative estimate of drug-likeness (QED) is 0.206. The molecule has 0 aromatic heterocycles. The van der Waals surface area contributed by atoms with Crippen LogP contribution in [0.15, 0.2) is 0 Å². The molecule has 1 unspecified atom stereocenters. The van der Waals surface area contributed by atoms with Gasteiger partial charge >= 0.3 is 46.4 Å². The van der Waals surface area contributed by atoms with Crippen molar-refractivity contribution in [2.75, 3.05) is 25.6 Å². The summed E-state index contributed by atoms with van der Waals surface area (Å²) in [4.78, 5) is 11.0. The van der Waals surface area contributed by atoms with E-state index in [-0.39, 0.29) is 0 Å². The van der Waals surface area contributed by atoms with Crippen molar-refractivity contribution in [1.29, 1.82) is 0 Å². The Bertz CT molecular complexity index is 672. The maximum absolute atomic E-state index is 13.7. The zero-order valence-corrected chi connectivity index (χ0v) is 14.0. The van der Waals surface area contributed by atoms with E-state index in [0.29, 0.717) is 0 Å². The van der Waals surface area contributed by atoms with Gasteiger partial charge in [0.15, 0.2) is 0 Å². The molecule has 0 N–H and O–H groups in total. The number of rotatable bonds is 10. The number of hydrogen-bond acceptors (Lipinski definition) is 6. The Labute approximate surface area is 152 Å². The van der Waals surface area contributed by atoms with Crippen LogP contribution in [0.1, 0.15) is 0 Å². The number of carbonyl (C=O) groups is 1. The Balaban J connectivity index is 5.27. The lowest BCUT2D eigenvalue weighted by molar-refractivity contribution is -0.475. The van der Waals surface area contributed by atoms with Gasteiger partial charge in [-0.05, 0) is 0 Å². The van der Waals surface area contributed by atoms with Crippen molar-refractivity contribution in [2.24, 2.45) is 0 Å². The first-order valence-electron chi connectivity index (χ1n) is 6.54. The molecule has 174 valence electrons. The highest BCUT2D eigenvalue weighted by atomic mass is 32.3. The number of alkyl halides is 11. The van der Waals surface area contributed by atoms with Gasteiger partial charge in [-0.1, -0.05) is 0 Å². The standard InChI is InChI=1S/C10H8F12O6S/c11-6(8(14,15)16,28-10(20,21)7(12,13)9(17,18)19)5(23)27-2-1-26-3-4-29(22,24)25/h1-4H2. The fourth-order valence-electron chi connectivity index (χ4n) is 1.17. The molecule has 0 saturated heterocycles. The molecule has 0 bridgehead atoms. The van der Waals surface area contributed by atoms with Gasteiger partial charge in [0, 0.05) is 0 Å². The van der Waals surface area contributed by atoms with E-state index in [0.717, 1.165) is 0 Å². The van der Waals surface area contributed by atoms with E-state index in [4.69, 9.17) is 0 Å². The molecule has 0 rings (SSSR count). The van der Waals surface area contributed by atoms with Gasteiger partial charge in [-0.3, -0.25) is 4.74 Å². The van der Waals surface area contributed by atoms with Crippen LogP contribution in [-0.4, -0.2) is 70.2 Å². The van der Waals surface area contributed by atoms with Crippen molar-refractivity contribution < 1.29 is 79.6 Å². The van der Waals surface area contributed by atoms with E-state index in [2.05, 4.69) is 9.47 Å². The molecule has 0 spiro atoms. The molecule has 0 saturated carbocycles. The van der Waals surface area contributed by atoms with Gasteiger partial charge in [-0.2, -0.15) is 56.7 Å². The minimum absolute atomic E-state index is 0.956. The topological polar surface area (TPSA) is 78.9 Å². The summed E-state index contributed by atoms with van der Waals surface area (Å²) in [5.41, 5.74) is 0. The van der Waals surface area contributed by atoms with Crippen molar-refractivity contribution in [3.05, 3.63) is 0 Å². The second-order valence-electron chi connectivity index (χ2n) is 4.78. The molecule has 0 aliphatic rings. The zero-order valence-electron chi connectivity index (χ0n) is 13.2. The van der Waals surface area contributed by atoms with Crippen molar-refractivity contribution in [1.82, 2.24) is 0 Å². The first kappa shape index (κ1) is 27.5. The average Bonchev–Trinajstić information content (AvgIpc) is 2.46. The SMILES string of the molecule is O=C(OCCOCCS(=O)(=O)F)C(F)(OC(F)(F)C(F)(F)C(F)(F)F)C(F)(F)F. The highest BCUT2D eigenvalue weighted by molar-refractivity contribution is 7.86. The number of hydrogen-bond donors (Lipinski definition) is 0. The normalized spacial score (nSPS) is 16.4. The lowest BCUT2D eigenvalue weighted by atomic mass is 10.2. The van der Waals surface area contributed by atoms with Crippen LogP contribution < -0.4 is 0 Å². The highest BCUT2D eigenvalue weighted by Gasteiger charge is 2.80. The van der Waals surface area contributed by atoms with Crippen LogP contribution in [0.25, 0.3) is 0 Å². The number of esters is 1. The van der Waals surface area contributed by atoms with E-state index in [1.54, 1.807) is 0 Å². The Morgan fingerprint density at radius 3 is 1.62 bits per heavy atom. The highest BCUT2D eigenvalue weighted by Crippen LogP contribution is 2.51. The monoisotopic (exact) mass is 484 g/mol. The largest absolute Gasteiger partial charge is 0.462 e. The third-order valence-corrected chi connectivity index (χ3v) is 3.20. The van der Waals surface area contributed by atoms with Crippen molar-refractivity contribution >= 4 is 16.2 Å². The maximum Gasteiger partial charge on any atom is 0.462 e. The Hall–Kier alpha value is -1.50. The summed E-state index contributed by atoms with van der Waals surface area (Å²) >= 11 is 0. The number of carbonyl (C=O) groups excluding carboxylic acids is 1. The summed E-state index contributed by atoms with van der Waals surface area (Å²) in [7, 11) is -5.02. The summed E-state index contributed by atoms with van der Waals surface area (Å²) in [6.07, 6.45) is -21.3. The Morgan fingerprint density at radius 2 is 1.24 bits per heavy atom. The van der Waals surface area contributed by atoms with Crippen LogP contribution in [0.5, 0.6) is 0 Å². The summed E-state index contributed by atoms with van der Waals surface area (Å²) in [5, 5.41) is 0. The van der Waals surface area contributed by atoms with Crippen molar-refractivity contribution in [2.45, 2.75) is 30.2 Å². The van der Waals surface area contributed by atoms with Crippen molar-refractivity contribution in [3.8, 4) is 0 Å². The minimum Gasteiger partial charge on any atom is -0.459 e. The summed E-state index contributed by atoms with van der Waals surface area (Å²) in [6, 6.07) is 0. The second-order valence-corrected chi connectivity index (χ2v) is 6.26. The van der Waals surface area contributed by atoms with E-state index in [1.165, 1.54) is 0 Å². The van der Waals surface area contributed by atoms with Crippen LogP contribution in [0.4, 0.5) is 52.2 Å². The molecule has 6 nitrogen and oxygen atoms in total. The predicted octanol–water partition coefficient (Wildman–Crippen LogP) is 2.88. The van der Waals surface area contributed by atoms with Gasteiger partial charge in [0.1, 0.15) is 12.4 Å².